The molecule has 12 heteroatoms. The van der Waals surface area contributed by atoms with E-state index < -0.39 is 87.9 Å². The molecular weight excluding hydrogens is 765 g/mol. The highest BCUT2D eigenvalue weighted by Crippen LogP contribution is 2.67. The summed E-state index contributed by atoms with van der Waals surface area (Å²) in [6, 6.07) is 3.01. The molecule has 0 aromatic heterocycles. The predicted octanol–water partition coefficient (Wildman–Crippen LogP) is 7.91. The van der Waals surface area contributed by atoms with Crippen LogP contribution in [0.2, 0.25) is 0 Å². The minimum Gasteiger partial charge on any atom is -0.508 e. The number of rotatable bonds is 8. The van der Waals surface area contributed by atoms with Crippen LogP contribution in [0, 0.1) is 58.2 Å². The molecular formula is C48H64N2O10. The Hall–Kier alpha value is -4.16. The number of phenols is 1. The third-order valence-corrected chi connectivity index (χ3v) is 17.3. The fraction of sp³-hybridized carbons (Fsp3) is 0.667. The lowest BCUT2D eigenvalue weighted by molar-refractivity contribution is -0.160. The van der Waals surface area contributed by atoms with Crippen molar-refractivity contribution in [1.29, 1.82) is 0 Å². The average molecular weight is 829 g/mol. The summed E-state index contributed by atoms with van der Waals surface area (Å²) < 4.78 is 5.99. The van der Waals surface area contributed by atoms with Gasteiger partial charge in [-0.15, -0.1) is 0 Å². The fourth-order valence-corrected chi connectivity index (χ4v) is 14.1. The van der Waals surface area contributed by atoms with E-state index in [2.05, 4.69) is 46.0 Å². The molecule has 8 rings (SSSR count). The summed E-state index contributed by atoms with van der Waals surface area (Å²) in [4.78, 5) is 52.3. The van der Waals surface area contributed by atoms with Crippen LogP contribution in [-0.2, 0) is 19.1 Å². The smallest absolute Gasteiger partial charge is 0.412 e. The number of nitrogens with one attached hydrogen (secondary N) is 1. The predicted molar refractivity (Wildman–Crippen MR) is 224 cm³/mol. The Balaban J connectivity index is 0.968. The van der Waals surface area contributed by atoms with Crippen LogP contribution in [0.4, 0.5) is 10.5 Å². The highest BCUT2D eigenvalue weighted by atomic mass is 16.6. The van der Waals surface area contributed by atoms with Gasteiger partial charge in [0.1, 0.15) is 28.9 Å². The Labute approximate surface area is 352 Å². The van der Waals surface area contributed by atoms with Gasteiger partial charge in [0.15, 0.2) is 11.4 Å². The van der Waals surface area contributed by atoms with Crippen LogP contribution in [-0.4, -0.2) is 66.9 Å². The number of amides is 2. The van der Waals surface area contributed by atoms with Gasteiger partial charge in [0.2, 0.25) is 5.78 Å². The van der Waals surface area contributed by atoms with Crippen LogP contribution in [0.5, 0.6) is 5.75 Å². The van der Waals surface area contributed by atoms with Crippen molar-refractivity contribution in [2.24, 2.45) is 63.9 Å². The van der Waals surface area contributed by atoms with Gasteiger partial charge < -0.3 is 36.0 Å². The molecule has 7 aliphatic rings. The molecule has 12 nitrogen and oxygen atoms in total. The van der Waals surface area contributed by atoms with Crippen molar-refractivity contribution in [2.75, 3.05) is 5.32 Å². The molecule has 0 spiro atoms. The first-order valence-electron chi connectivity index (χ1n) is 22.4. The summed E-state index contributed by atoms with van der Waals surface area (Å²) in [5.41, 5.74) is 2.81. The van der Waals surface area contributed by atoms with E-state index in [0.29, 0.717) is 35.7 Å². The Morgan fingerprint density at radius 1 is 0.967 bits per heavy atom. The van der Waals surface area contributed by atoms with Gasteiger partial charge in [0.05, 0.1) is 17.4 Å². The number of Topliss-reactive ketones (excluding diaryl/α,β-unsaturated/α-hetero) is 2. The number of ether oxygens (including phenoxy) is 1. The molecule has 1 aromatic rings. The van der Waals surface area contributed by atoms with Crippen LogP contribution in [0.15, 0.2) is 40.7 Å². The van der Waals surface area contributed by atoms with Gasteiger partial charge in [-0.25, -0.2) is 4.79 Å². The molecule has 4 fully saturated rings. The quantitative estimate of drug-likeness (QED) is 0.0763. The number of anilines is 1. The number of carbonyl (C=O) groups excluding carboxylic acids is 4. The molecule has 326 valence electrons. The number of carbonyl (C=O) groups is 4. The zero-order valence-corrected chi connectivity index (χ0v) is 35.9. The van der Waals surface area contributed by atoms with Crippen LogP contribution in [0.1, 0.15) is 136 Å². The van der Waals surface area contributed by atoms with E-state index in [1.54, 1.807) is 13.0 Å². The van der Waals surface area contributed by atoms with E-state index in [1.807, 2.05) is 0 Å². The summed E-state index contributed by atoms with van der Waals surface area (Å²) in [6.07, 6.45) is 11.5. The van der Waals surface area contributed by atoms with E-state index in [1.165, 1.54) is 56.6 Å². The molecule has 7 aliphatic carbocycles. The van der Waals surface area contributed by atoms with Crippen molar-refractivity contribution in [3.05, 3.63) is 51.8 Å². The van der Waals surface area contributed by atoms with Crippen molar-refractivity contribution < 1.29 is 49.4 Å². The van der Waals surface area contributed by atoms with Crippen molar-refractivity contribution in [3.8, 4) is 5.75 Å². The monoisotopic (exact) mass is 828 g/mol. The lowest BCUT2D eigenvalue weighted by Gasteiger charge is -2.58. The molecule has 13 atom stereocenters. The first kappa shape index (κ1) is 42.5. The van der Waals surface area contributed by atoms with Gasteiger partial charge in [-0.05, 0) is 109 Å². The summed E-state index contributed by atoms with van der Waals surface area (Å²) in [5.74, 6) is -5.19. The number of aliphatic hydroxyl groups is 4. The molecule has 8 N–H and O–H groups in total. The number of aliphatic hydroxyl groups excluding tert-OH is 3. The number of fused-ring (bicyclic) bond motifs is 8. The topological polar surface area (TPSA) is 217 Å². The van der Waals surface area contributed by atoms with Gasteiger partial charge in [0.25, 0.3) is 5.91 Å². The van der Waals surface area contributed by atoms with Gasteiger partial charge >= 0.3 is 6.09 Å². The van der Waals surface area contributed by atoms with Crippen molar-refractivity contribution in [3.63, 3.8) is 0 Å². The van der Waals surface area contributed by atoms with Crippen molar-refractivity contribution >= 4 is 35.0 Å². The summed E-state index contributed by atoms with van der Waals surface area (Å²) in [5, 5.41) is 59.8. The number of primary amides is 1. The third-order valence-electron chi connectivity index (χ3n) is 17.3. The molecule has 0 saturated heterocycles. The molecule has 0 heterocycles. The molecule has 60 heavy (non-hydrogen) atoms. The van der Waals surface area contributed by atoms with Crippen LogP contribution in [0.25, 0.3) is 5.76 Å². The normalized spacial score (nSPS) is 38.8. The van der Waals surface area contributed by atoms with Crippen LogP contribution in [0.3, 0.4) is 0 Å². The zero-order valence-electron chi connectivity index (χ0n) is 35.9. The Morgan fingerprint density at radius 2 is 1.70 bits per heavy atom. The lowest BCUT2D eigenvalue weighted by atomic mass is 9.47. The van der Waals surface area contributed by atoms with Gasteiger partial charge in [-0.2, -0.15) is 0 Å². The van der Waals surface area contributed by atoms with E-state index in [4.69, 9.17) is 10.5 Å². The summed E-state index contributed by atoms with van der Waals surface area (Å²) in [7, 11) is 0. The number of ketones is 2. The Kier molecular flexibility index (Phi) is 10.7. The number of phenolic OH excluding ortho intramolecular Hbond substituents is 1. The maximum atomic E-state index is 14.0. The highest BCUT2D eigenvalue weighted by molar-refractivity contribution is 6.23. The fourth-order valence-electron chi connectivity index (χ4n) is 14.1. The molecule has 0 aliphatic heterocycles. The summed E-state index contributed by atoms with van der Waals surface area (Å²) in [6.45, 7) is 13.8. The van der Waals surface area contributed by atoms with E-state index >= 15 is 0 Å². The van der Waals surface area contributed by atoms with Crippen LogP contribution >= 0.6 is 0 Å². The first-order chi connectivity index (χ1) is 28.2. The maximum Gasteiger partial charge on any atom is 0.412 e. The number of aromatic hydroxyl groups is 1. The summed E-state index contributed by atoms with van der Waals surface area (Å²) >= 11 is 0. The third kappa shape index (κ3) is 6.27. The van der Waals surface area contributed by atoms with E-state index in [9.17, 15) is 44.7 Å². The van der Waals surface area contributed by atoms with E-state index in [-0.39, 0.29) is 22.8 Å². The minimum absolute atomic E-state index is 0.0658. The van der Waals surface area contributed by atoms with Gasteiger partial charge in [0, 0.05) is 30.3 Å². The Bertz CT molecular complexity index is 2100. The number of nitrogens with two attached hydrogens (primary N) is 1. The van der Waals surface area contributed by atoms with Gasteiger partial charge in [-0.1, -0.05) is 78.5 Å². The SMILES string of the molecule is CC(C)CCCC(C)C1CCC2C3CC=C4CC(OC(=O)Nc5ccc6c(c5O)C(O)=C5C(=O)C7(O)C(O)=C(C(N)=O)C(=O)CC7C(O)C5C6C)CCC4(C)C3CCC12C. The van der Waals surface area contributed by atoms with Crippen LogP contribution < -0.4 is 11.1 Å². The molecule has 13 unspecified atom stereocenters. The second kappa shape index (κ2) is 15.0. The molecule has 2 amide bonds. The second-order valence-corrected chi connectivity index (χ2v) is 20.6. The van der Waals surface area contributed by atoms with Crippen molar-refractivity contribution in [2.45, 2.75) is 142 Å². The molecule has 0 radical (unpaired) electrons. The lowest BCUT2D eigenvalue weighted by Crippen LogP contribution is -2.63. The average Bonchev–Trinajstić information content (AvgIpc) is 3.54. The number of hydrogen-bond donors (Lipinski definition) is 7. The molecule has 4 saturated carbocycles. The van der Waals surface area contributed by atoms with Crippen molar-refractivity contribution in [1.82, 2.24) is 0 Å². The highest BCUT2D eigenvalue weighted by Gasteiger charge is 2.65. The molecule has 1 aromatic carbocycles. The maximum absolute atomic E-state index is 14.0. The van der Waals surface area contributed by atoms with E-state index in [0.717, 1.165) is 36.5 Å². The number of hydrogen-bond acceptors (Lipinski definition) is 10. The Morgan fingerprint density at radius 3 is 2.40 bits per heavy atom. The second-order valence-electron chi connectivity index (χ2n) is 20.6. The molecule has 0 bridgehead atoms. The zero-order chi connectivity index (χ0) is 43.4. The largest absolute Gasteiger partial charge is 0.508 e. The number of benzene rings is 1. The standard InChI is InChI=1S/C48H64N2O10/c1-22(2)8-7-9-23(3)29-13-14-30-28-11-10-25-20-26(16-18-46(25,5)31(28)17-19-47(29,30)6)60-45(58)50-33-15-12-27-24(4)35-38(41(54)36(27)40(33)53)43(56)48(59)32(39(35)52)21-34(51)37(42(48)55)44(49)57/h10,12,15,22-24,26,28-32,35,39,52-55,59H,7-9,11,13-14,16-21H2,1-6H3,(H2,49,57)(H,50,58). The minimum atomic E-state index is -2.93. The van der Waals surface area contributed by atoms with Gasteiger partial charge in [-0.3, -0.25) is 19.7 Å². The first-order valence-corrected chi connectivity index (χ1v) is 22.4. The number of allylic oxidation sites excluding steroid dienone is 1.